The molecule has 1 aromatic rings. The average Bonchev–Trinajstić information content (AvgIpc) is 2.31. The summed E-state index contributed by atoms with van der Waals surface area (Å²) in [5, 5.41) is 3.68. The van der Waals surface area contributed by atoms with E-state index in [0.29, 0.717) is 0 Å². The van der Waals surface area contributed by atoms with Gasteiger partial charge in [-0.15, -0.1) is 0 Å². The van der Waals surface area contributed by atoms with Gasteiger partial charge in [0.15, 0.2) is 0 Å². The third kappa shape index (κ3) is 2.17. The van der Waals surface area contributed by atoms with Gasteiger partial charge in [-0.3, -0.25) is 5.43 Å². The maximum atomic E-state index is 5.28. The minimum atomic E-state index is 0.720. The summed E-state index contributed by atoms with van der Waals surface area (Å²) in [5.74, 6) is 5.28. The molecule has 0 saturated heterocycles. The number of hydrogen-bond donors (Lipinski definition) is 3. The van der Waals surface area contributed by atoms with E-state index in [0.717, 1.165) is 17.0 Å². The van der Waals surface area contributed by atoms with Crippen molar-refractivity contribution in [1.82, 2.24) is 10.9 Å². The van der Waals surface area contributed by atoms with E-state index < -0.39 is 0 Å². The van der Waals surface area contributed by atoms with Crippen LogP contribution in [0.25, 0.3) is 6.08 Å². The van der Waals surface area contributed by atoms with E-state index in [2.05, 4.69) is 16.0 Å². The second-order valence-corrected chi connectivity index (χ2v) is 3.09. The van der Waals surface area contributed by atoms with Crippen LogP contribution in [0.1, 0.15) is 5.56 Å². The molecule has 4 nitrogen and oxygen atoms in total. The SMILES string of the molecule is NN=C1C=CNNC1=Cc1ccccc1. The normalized spacial score (nSPS) is 20.0. The third-order valence-corrected chi connectivity index (χ3v) is 2.06. The Labute approximate surface area is 88.1 Å². The van der Waals surface area contributed by atoms with E-state index in [1.54, 1.807) is 6.20 Å². The van der Waals surface area contributed by atoms with Gasteiger partial charge < -0.3 is 11.3 Å². The minimum absolute atomic E-state index is 0.720. The zero-order chi connectivity index (χ0) is 10.5. The predicted molar refractivity (Wildman–Crippen MR) is 61.5 cm³/mol. The molecule has 1 aliphatic heterocycles. The van der Waals surface area contributed by atoms with Gasteiger partial charge in [0.25, 0.3) is 0 Å². The Morgan fingerprint density at radius 3 is 2.73 bits per heavy atom. The first-order valence-electron chi connectivity index (χ1n) is 4.63. The number of nitrogens with one attached hydrogen (secondary N) is 2. The first kappa shape index (κ1) is 9.33. The van der Waals surface area contributed by atoms with Crippen LogP contribution in [0.5, 0.6) is 0 Å². The minimum Gasteiger partial charge on any atom is -0.323 e. The lowest BCUT2D eigenvalue weighted by Crippen LogP contribution is -2.34. The summed E-state index contributed by atoms with van der Waals surface area (Å²) in [6.07, 6.45) is 5.53. The molecule has 4 N–H and O–H groups in total. The van der Waals surface area contributed by atoms with E-state index in [-0.39, 0.29) is 0 Å². The molecule has 0 aromatic heterocycles. The van der Waals surface area contributed by atoms with Crippen LogP contribution in [0, 0.1) is 0 Å². The maximum Gasteiger partial charge on any atom is 0.109 e. The molecule has 0 amide bonds. The van der Waals surface area contributed by atoms with E-state index in [9.17, 15) is 0 Å². The van der Waals surface area contributed by atoms with Gasteiger partial charge >= 0.3 is 0 Å². The monoisotopic (exact) mass is 200 g/mol. The predicted octanol–water partition coefficient (Wildman–Crippen LogP) is 0.964. The summed E-state index contributed by atoms with van der Waals surface area (Å²) < 4.78 is 0. The maximum absolute atomic E-state index is 5.28. The standard InChI is InChI=1S/C11H12N4/c12-14-10-6-7-13-15-11(10)8-9-4-2-1-3-5-9/h1-8,13,15H,12H2. The highest BCUT2D eigenvalue weighted by atomic mass is 15.4. The molecule has 0 spiro atoms. The highest BCUT2D eigenvalue weighted by molar-refractivity contribution is 6.10. The molecule has 0 aliphatic carbocycles. The fourth-order valence-electron chi connectivity index (χ4n) is 1.33. The van der Waals surface area contributed by atoms with Crippen LogP contribution in [0.15, 0.2) is 53.4 Å². The number of allylic oxidation sites excluding steroid dienone is 1. The lowest BCUT2D eigenvalue weighted by Gasteiger charge is -2.14. The molecule has 0 unspecified atom stereocenters. The van der Waals surface area contributed by atoms with Gasteiger partial charge in [0.05, 0.1) is 5.70 Å². The number of rotatable bonds is 1. The second-order valence-electron chi connectivity index (χ2n) is 3.09. The molecule has 0 saturated carbocycles. The number of hydrogen-bond acceptors (Lipinski definition) is 4. The lowest BCUT2D eigenvalue weighted by atomic mass is 10.1. The van der Waals surface area contributed by atoms with E-state index in [4.69, 9.17) is 5.84 Å². The summed E-state index contributed by atoms with van der Waals surface area (Å²) in [5.41, 5.74) is 8.53. The molecule has 0 atom stereocenters. The molecule has 0 fully saturated rings. The molecule has 4 heteroatoms. The van der Waals surface area contributed by atoms with Crippen LogP contribution < -0.4 is 16.7 Å². The molecule has 1 aromatic carbocycles. The Balaban J connectivity index is 2.31. The fraction of sp³-hybridized carbons (Fsp3) is 0. The summed E-state index contributed by atoms with van der Waals surface area (Å²) in [6, 6.07) is 9.98. The van der Waals surface area contributed by atoms with E-state index in [1.807, 2.05) is 42.5 Å². The Morgan fingerprint density at radius 2 is 2.00 bits per heavy atom. The second kappa shape index (κ2) is 4.32. The summed E-state index contributed by atoms with van der Waals surface area (Å²) in [6.45, 7) is 0. The number of hydrazone groups is 1. The van der Waals surface area contributed by atoms with Crippen molar-refractivity contribution < 1.29 is 0 Å². The third-order valence-electron chi connectivity index (χ3n) is 2.06. The van der Waals surface area contributed by atoms with Gasteiger partial charge in [-0.25, -0.2) is 0 Å². The van der Waals surface area contributed by atoms with Crippen LogP contribution in [0.3, 0.4) is 0 Å². The first-order valence-corrected chi connectivity index (χ1v) is 4.63. The average molecular weight is 200 g/mol. The van der Waals surface area contributed by atoms with Crippen molar-refractivity contribution in [2.24, 2.45) is 10.9 Å². The smallest absolute Gasteiger partial charge is 0.109 e. The van der Waals surface area contributed by atoms with E-state index in [1.165, 1.54) is 0 Å². The van der Waals surface area contributed by atoms with Crippen molar-refractivity contribution in [1.29, 1.82) is 0 Å². The van der Waals surface area contributed by atoms with Gasteiger partial charge in [-0.1, -0.05) is 30.3 Å². The molecule has 76 valence electrons. The number of nitrogens with zero attached hydrogens (tertiary/aromatic N) is 1. The molecular formula is C11H12N4. The topological polar surface area (TPSA) is 62.4 Å². The summed E-state index contributed by atoms with van der Waals surface area (Å²) in [4.78, 5) is 0. The molecule has 1 heterocycles. The van der Waals surface area contributed by atoms with Crippen molar-refractivity contribution in [2.45, 2.75) is 0 Å². The van der Waals surface area contributed by atoms with Crippen LogP contribution in [-0.2, 0) is 0 Å². The van der Waals surface area contributed by atoms with Crippen LogP contribution >= 0.6 is 0 Å². The fourth-order valence-corrected chi connectivity index (χ4v) is 1.33. The molecule has 2 rings (SSSR count). The van der Waals surface area contributed by atoms with Crippen molar-refractivity contribution >= 4 is 11.8 Å². The van der Waals surface area contributed by atoms with Crippen molar-refractivity contribution in [2.75, 3.05) is 0 Å². The zero-order valence-corrected chi connectivity index (χ0v) is 8.14. The number of nitrogens with two attached hydrogens (primary N) is 1. The Bertz CT molecular complexity index is 417. The van der Waals surface area contributed by atoms with Gasteiger partial charge in [0, 0.05) is 6.20 Å². The zero-order valence-electron chi connectivity index (χ0n) is 8.14. The highest BCUT2D eigenvalue weighted by Gasteiger charge is 2.06. The van der Waals surface area contributed by atoms with Crippen molar-refractivity contribution in [3.8, 4) is 0 Å². The Morgan fingerprint density at radius 1 is 1.20 bits per heavy atom. The number of hydrazine groups is 1. The van der Waals surface area contributed by atoms with E-state index >= 15 is 0 Å². The largest absolute Gasteiger partial charge is 0.323 e. The molecular weight excluding hydrogens is 188 g/mol. The van der Waals surface area contributed by atoms with Crippen LogP contribution in [-0.4, -0.2) is 5.71 Å². The highest BCUT2D eigenvalue weighted by Crippen LogP contribution is 2.07. The quantitative estimate of drug-likeness (QED) is 0.467. The first-order chi connectivity index (χ1) is 7.40. The van der Waals surface area contributed by atoms with Crippen LogP contribution in [0.2, 0.25) is 0 Å². The van der Waals surface area contributed by atoms with Gasteiger partial charge in [0.2, 0.25) is 0 Å². The Hall–Kier alpha value is -2.23. The molecule has 15 heavy (non-hydrogen) atoms. The van der Waals surface area contributed by atoms with Crippen LogP contribution in [0.4, 0.5) is 0 Å². The summed E-state index contributed by atoms with van der Waals surface area (Å²) in [7, 11) is 0. The van der Waals surface area contributed by atoms with Gasteiger partial charge in [-0.2, -0.15) is 5.10 Å². The number of benzene rings is 1. The Kier molecular flexibility index (Phi) is 2.69. The molecule has 0 radical (unpaired) electrons. The summed E-state index contributed by atoms with van der Waals surface area (Å²) >= 11 is 0. The van der Waals surface area contributed by atoms with Gasteiger partial charge in [0.1, 0.15) is 5.71 Å². The van der Waals surface area contributed by atoms with Crippen molar-refractivity contribution in [3.63, 3.8) is 0 Å². The molecule has 1 aliphatic rings. The molecule has 0 bridgehead atoms. The van der Waals surface area contributed by atoms with Gasteiger partial charge in [-0.05, 0) is 17.7 Å². The van der Waals surface area contributed by atoms with Crippen molar-refractivity contribution in [3.05, 3.63) is 53.9 Å². The lowest BCUT2D eigenvalue weighted by molar-refractivity contribution is 0.749.